The van der Waals surface area contributed by atoms with Gasteiger partial charge in [-0.2, -0.15) is 0 Å². The molecule has 0 spiro atoms. The van der Waals surface area contributed by atoms with Crippen molar-refractivity contribution in [1.82, 2.24) is 0 Å². The first-order valence-electron chi connectivity index (χ1n) is 8.53. The first-order valence-corrected chi connectivity index (χ1v) is 8.53. The second-order valence-electron chi connectivity index (χ2n) is 6.37. The van der Waals surface area contributed by atoms with Gasteiger partial charge in [-0.25, -0.2) is 0 Å². The lowest BCUT2D eigenvalue weighted by Crippen LogP contribution is -2.22. The van der Waals surface area contributed by atoms with Gasteiger partial charge >= 0.3 is 0 Å². The van der Waals surface area contributed by atoms with E-state index >= 15 is 0 Å². The van der Waals surface area contributed by atoms with Crippen molar-refractivity contribution in [3.63, 3.8) is 0 Å². The molecule has 25 heavy (non-hydrogen) atoms. The van der Waals surface area contributed by atoms with Crippen LogP contribution >= 0.6 is 0 Å². The fourth-order valence-electron chi connectivity index (χ4n) is 3.06. The number of amides is 1. The van der Waals surface area contributed by atoms with Crippen molar-refractivity contribution >= 4 is 22.4 Å². The van der Waals surface area contributed by atoms with E-state index in [0.29, 0.717) is 13.0 Å². The summed E-state index contributed by atoms with van der Waals surface area (Å²) in [5.74, 6) is -0.0839. The van der Waals surface area contributed by atoms with Crippen LogP contribution in [0.1, 0.15) is 18.1 Å². The summed E-state index contributed by atoms with van der Waals surface area (Å²) in [6.07, 6.45) is 0.713. The Morgan fingerprint density at radius 1 is 1.04 bits per heavy atom. The van der Waals surface area contributed by atoms with Gasteiger partial charge in [0.05, 0.1) is 6.61 Å². The highest BCUT2D eigenvalue weighted by molar-refractivity contribution is 5.93. The molecule has 0 aliphatic carbocycles. The number of hydrogen-bond donors (Lipinski definition) is 1. The number of rotatable bonds is 6. The van der Waals surface area contributed by atoms with Crippen LogP contribution in [0.25, 0.3) is 10.8 Å². The molecular weight excluding hydrogens is 310 g/mol. The van der Waals surface area contributed by atoms with Gasteiger partial charge in [-0.3, -0.25) is 4.79 Å². The molecule has 0 bridgehead atoms. The van der Waals surface area contributed by atoms with Crippen LogP contribution in [0.3, 0.4) is 0 Å². The summed E-state index contributed by atoms with van der Waals surface area (Å²) in [4.78, 5) is 12.6. The number of ether oxygens (including phenoxy) is 1. The molecule has 3 rings (SSSR count). The highest BCUT2D eigenvalue weighted by atomic mass is 16.5. The molecule has 0 saturated heterocycles. The number of carbonyl (C=O) groups excluding carboxylic acids is 1. The molecule has 3 aromatic carbocycles. The van der Waals surface area contributed by atoms with E-state index in [4.69, 9.17) is 4.74 Å². The Labute approximate surface area is 148 Å². The molecule has 3 heteroatoms. The maximum Gasteiger partial charge on any atom is 0.227 e. The summed E-state index contributed by atoms with van der Waals surface area (Å²) >= 11 is 0. The lowest BCUT2D eigenvalue weighted by atomic mass is 9.95. The molecule has 0 fully saturated rings. The second-order valence-corrected chi connectivity index (χ2v) is 6.37. The third kappa shape index (κ3) is 4.25. The number of fused-ring (bicyclic) bond motifs is 1. The van der Waals surface area contributed by atoms with E-state index in [1.807, 2.05) is 43.3 Å². The number of hydrogen-bond acceptors (Lipinski definition) is 2. The van der Waals surface area contributed by atoms with Gasteiger partial charge in [-0.05, 0) is 40.5 Å². The molecule has 3 aromatic rings. The Morgan fingerprint density at radius 2 is 1.80 bits per heavy atom. The lowest BCUT2D eigenvalue weighted by molar-refractivity contribution is -0.119. The highest BCUT2D eigenvalue weighted by Gasteiger charge is 2.15. The third-order valence-electron chi connectivity index (χ3n) is 4.36. The van der Waals surface area contributed by atoms with Gasteiger partial charge in [0.1, 0.15) is 0 Å². The zero-order valence-corrected chi connectivity index (χ0v) is 14.7. The summed E-state index contributed by atoms with van der Waals surface area (Å²) in [5.41, 5.74) is 3.06. The first kappa shape index (κ1) is 17.2. The van der Waals surface area contributed by atoms with E-state index < -0.39 is 0 Å². The van der Waals surface area contributed by atoms with Crippen LogP contribution in [-0.4, -0.2) is 13.0 Å². The largest absolute Gasteiger partial charge is 0.380 e. The Bertz CT molecular complexity index is 867. The summed E-state index contributed by atoms with van der Waals surface area (Å²) in [7, 11) is 1.66. The van der Waals surface area contributed by atoms with Crippen LogP contribution in [-0.2, 0) is 22.6 Å². The topological polar surface area (TPSA) is 38.3 Å². The van der Waals surface area contributed by atoms with Crippen LogP contribution in [0.4, 0.5) is 5.69 Å². The van der Waals surface area contributed by atoms with E-state index in [0.717, 1.165) is 11.3 Å². The standard InChI is InChI=1S/C22H23NO2/c1-16(13-19-10-6-9-18-8-3-4-12-21(18)19)22(24)23-20-11-5-7-17(14-20)15-25-2/h3-12,14,16H,13,15H2,1-2H3,(H,23,24). The monoisotopic (exact) mass is 333 g/mol. The molecule has 0 aliphatic heterocycles. The number of benzene rings is 3. The quantitative estimate of drug-likeness (QED) is 0.703. The Hall–Kier alpha value is -2.65. The van der Waals surface area contributed by atoms with Crippen LogP contribution in [0, 0.1) is 5.92 Å². The van der Waals surface area contributed by atoms with Crippen LogP contribution in [0.2, 0.25) is 0 Å². The average molecular weight is 333 g/mol. The van der Waals surface area contributed by atoms with Gasteiger partial charge in [0.2, 0.25) is 5.91 Å². The normalized spacial score (nSPS) is 12.1. The first-order chi connectivity index (χ1) is 12.2. The SMILES string of the molecule is COCc1cccc(NC(=O)C(C)Cc2cccc3ccccc23)c1. The van der Waals surface area contributed by atoms with E-state index in [2.05, 4.69) is 35.6 Å². The third-order valence-corrected chi connectivity index (χ3v) is 4.36. The Balaban J connectivity index is 1.71. The fraction of sp³-hybridized carbons (Fsp3) is 0.227. The molecular formula is C22H23NO2. The predicted molar refractivity (Wildman–Crippen MR) is 103 cm³/mol. The van der Waals surface area contributed by atoms with Gasteiger partial charge in [-0.15, -0.1) is 0 Å². The molecule has 1 N–H and O–H groups in total. The number of methoxy groups -OCH3 is 1. The maximum absolute atomic E-state index is 12.6. The molecule has 1 unspecified atom stereocenters. The molecule has 1 atom stereocenters. The zero-order valence-electron chi connectivity index (χ0n) is 14.7. The van der Waals surface area contributed by atoms with E-state index in [1.54, 1.807) is 7.11 Å². The van der Waals surface area contributed by atoms with Crippen LogP contribution in [0.15, 0.2) is 66.7 Å². The predicted octanol–water partition coefficient (Wildman–Crippen LogP) is 4.80. The van der Waals surface area contributed by atoms with Gasteiger partial charge < -0.3 is 10.1 Å². The minimum Gasteiger partial charge on any atom is -0.380 e. The van der Waals surface area contributed by atoms with Crippen molar-refractivity contribution in [2.75, 3.05) is 12.4 Å². The van der Waals surface area contributed by atoms with Crippen molar-refractivity contribution in [1.29, 1.82) is 0 Å². The molecule has 0 heterocycles. The zero-order chi connectivity index (χ0) is 17.6. The Morgan fingerprint density at radius 3 is 2.64 bits per heavy atom. The number of anilines is 1. The smallest absolute Gasteiger partial charge is 0.227 e. The number of nitrogens with one attached hydrogen (secondary N) is 1. The van der Waals surface area contributed by atoms with Crippen molar-refractivity contribution in [2.45, 2.75) is 20.0 Å². The van der Waals surface area contributed by atoms with Crippen molar-refractivity contribution in [2.24, 2.45) is 5.92 Å². The van der Waals surface area contributed by atoms with E-state index in [1.165, 1.54) is 16.3 Å². The second kappa shape index (κ2) is 7.95. The molecule has 3 nitrogen and oxygen atoms in total. The van der Waals surface area contributed by atoms with Gasteiger partial charge in [0.25, 0.3) is 0 Å². The maximum atomic E-state index is 12.6. The highest BCUT2D eigenvalue weighted by Crippen LogP contribution is 2.22. The van der Waals surface area contributed by atoms with Crippen molar-refractivity contribution < 1.29 is 9.53 Å². The fourth-order valence-corrected chi connectivity index (χ4v) is 3.06. The van der Waals surface area contributed by atoms with Crippen molar-refractivity contribution in [3.05, 3.63) is 77.9 Å². The molecule has 0 radical (unpaired) electrons. The van der Waals surface area contributed by atoms with E-state index in [-0.39, 0.29) is 11.8 Å². The molecule has 0 aliphatic rings. The summed E-state index contributed by atoms with van der Waals surface area (Å²) < 4.78 is 5.14. The average Bonchev–Trinajstić information content (AvgIpc) is 2.62. The van der Waals surface area contributed by atoms with E-state index in [9.17, 15) is 4.79 Å². The van der Waals surface area contributed by atoms with Gasteiger partial charge in [0, 0.05) is 18.7 Å². The molecule has 0 saturated carbocycles. The summed E-state index contributed by atoms with van der Waals surface area (Å²) in [6.45, 7) is 2.51. The Kier molecular flexibility index (Phi) is 5.46. The minimum atomic E-state index is -0.114. The lowest BCUT2D eigenvalue weighted by Gasteiger charge is -2.14. The number of carbonyl (C=O) groups is 1. The van der Waals surface area contributed by atoms with Crippen LogP contribution < -0.4 is 5.32 Å². The molecule has 1 amide bonds. The molecule has 0 aromatic heterocycles. The summed E-state index contributed by atoms with van der Waals surface area (Å²) in [5, 5.41) is 5.44. The van der Waals surface area contributed by atoms with Crippen molar-refractivity contribution in [3.8, 4) is 0 Å². The van der Waals surface area contributed by atoms with Gasteiger partial charge in [0.15, 0.2) is 0 Å². The van der Waals surface area contributed by atoms with Gasteiger partial charge in [-0.1, -0.05) is 61.5 Å². The molecule has 128 valence electrons. The minimum absolute atomic E-state index is 0.0301. The summed E-state index contributed by atoms with van der Waals surface area (Å²) in [6, 6.07) is 22.3. The van der Waals surface area contributed by atoms with Crippen LogP contribution in [0.5, 0.6) is 0 Å².